The molecule has 1 aliphatic rings. The third kappa shape index (κ3) is 1.65. The van der Waals surface area contributed by atoms with Crippen LogP contribution in [0.15, 0.2) is 24.3 Å². The number of benzene rings is 1. The summed E-state index contributed by atoms with van der Waals surface area (Å²) in [6.07, 6.45) is 0. The molecule has 2 heterocycles. The van der Waals surface area contributed by atoms with E-state index >= 15 is 0 Å². The lowest BCUT2D eigenvalue weighted by Gasteiger charge is -2.31. The molecule has 0 spiro atoms. The van der Waals surface area contributed by atoms with E-state index in [2.05, 4.69) is 18.8 Å². The lowest BCUT2D eigenvalue weighted by atomic mass is 9.97. The van der Waals surface area contributed by atoms with Crippen molar-refractivity contribution >= 4 is 22.9 Å². The SMILES string of the molecule is CC1(C)Oc2ccccc2-c2nc(CCl)sc21. The minimum absolute atomic E-state index is 0.328. The summed E-state index contributed by atoms with van der Waals surface area (Å²) in [5.41, 5.74) is 1.76. The Bertz CT molecular complexity index is 577. The lowest BCUT2D eigenvalue weighted by molar-refractivity contribution is 0.109. The van der Waals surface area contributed by atoms with Gasteiger partial charge in [-0.15, -0.1) is 22.9 Å². The van der Waals surface area contributed by atoms with E-state index in [1.807, 2.05) is 24.3 Å². The molecule has 0 fully saturated rings. The molecular formula is C13H12ClNOS. The normalized spacial score (nSPS) is 15.9. The number of hydrogen-bond donors (Lipinski definition) is 0. The smallest absolute Gasteiger partial charge is 0.140 e. The topological polar surface area (TPSA) is 22.1 Å². The predicted molar refractivity (Wildman–Crippen MR) is 70.8 cm³/mol. The summed E-state index contributed by atoms with van der Waals surface area (Å²) in [7, 11) is 0. The zero-order valence-corrected chi connectivity index (χ0v) is 11.2. The van der Waals surface area contributed by atoms with E-state index in [9.17, 15) is 0 Å². The molecule has 1 aromatic heterocycles. The van der Waals surface area contributed by atoms with Crippen LogP contribution in [-0.2, 0) is 11.5 Å². The second-order valence-corrected chi connectivity index (χ2v) is 5.88. The maximum absolute atomic E-state index is 6.03. The molecule has 0 unspecified atom stereocenters. The monoisotopic (exact) mass is 265 g/mol. The fourth-order valence-electron chi connectivity index (χ4n) is 2.08. The van der Waals surface area contributed by atoms with E-state index in [0.29, 0.717) is 5.88 Å². The van der Waals surface area contributed by atoms with Crippen molar-refractivity contribution in [2.45, 2.75) is 25.3 Å². The van der Waals surface area contributed by atoms with Crippen LogP contribution in [0, 0.1) is 0 Å². The summed E-state index contributed by atoms with van der Waals surface area (Å²) in [6, 6.07) is 8.01. The number of para-hydroxylation sites is 1. The van der Waals surface area contributed by atoms with Crippen molar-refractivity contribution in [3.63, 3.8) is 0 Å². The van der Waals surface area contributed by atoms with Crippen molar-refractivity contribution in [3.8, 4) is 17.0 Å². The van der Waals surface area contributed by atoms with Crippen LogP contribution >= 0.6 is 22.9 Å². The zero-order valence-electron chi connectivity index (χ0n) is 9.66. The second kappa shape index (κ2) is 3.72. The largest absolute Gasteiger partial charge is 0.482 e. The second-order valence-electron chi connectivity index (χ2n) is 4.53. The molecular weight excluding hydrogens is 254 g/mol. The number of aromatic nitrogens is 1. The van der Waals surface area contributed by atoms with Gasteiger partial charge in [-0.1, -0.05) is 12.1 Å². The standard InChI is InChI=1S/C13H12ClNOS/c1-13(2)12-11(15-10(7-14)17-12)8-5-3-4-6-9(8)16-13/h3-6H,7H2,1-2H3. The molecule has 1 aliphatic heterocycles. The maximum atomic E-state index is 6.03. The van der Waals surface area contributed by atoms with Gasteiger partial charge in [-0.05, 0) is 26.0 Å². The fraction of sp³-hybridized carbons (Fsp3) is 0.308. The summed E-state index contributed by atoms with van der Waals surface area (Å²) in [6.45, 7) is 4.13. The highest BCUT2D eigenvalue weighted by atomic mass is 35.5. The van der Waals surface area contributed by atoms with Crippen LogP contribution in [0.4, 0.5) is 0 Å². The predicted octanol–water partition coefficient (Wildman–Crippen LogP) is 4.18. The molecule has 0 saturated heterocycles. The molecule has 3 rings (SSSR count). The molecule has 0 N–H and O–H groups in total. The Balaban J connectivity index is 2.27. The summed E-state index contributed by atoms with van der Waals surface area (Å²) in [5.74, 6) is 1.35. The number of halogens is 1. The van der Waals surface area contributed by atoms with Crippen molar-refractivity contribution in [1.29, 1.82) is 0 Å². The van der Waals surface area contributed by atoms with Crippen molar-refractivity contribution in [3.05, 3.63) is 34.2 Å². The van der Waals surface area contributed by atoms with Gasteiger partial charge in [0.25, 0.3) is 0 Å². The first-order valence-electron chi connectivity index (χ1n) is 5.46. The molecule has 0 bridgehead atoms. The first kappa shape index (κ1) is 11.1. The van der Waals surface area contributed by atoms with E-state index in [4.69, 9.17) is 16.3 Å². The first-order chi connectivity index (χ1) is 8.12. The molecule has 0 radical (unpaired) electrons. The highest BCUT2D eigenvalue weighted by Crippen LogP contribution is 2.47. The van der Waals surface area contributed by atoms with Crippen LogP contribution in [-0.4, -0.2) is 4.98 Å². The van der Waals surface area contributed by atoms with Crippen molar-refractivity contribution in [2.24, 2.45) is 0 Å². The van der Waals surface area contributed by atoms with E-state index in [1.165, 1.54) is 0 Å². The highest BCUT2D eigenvalue weighted by Gasteiger charge is 2.35. The third-order valence-electron chi connectivity index (χ3n) is 2.84. The minimum atomic E-state index is -0.328. The molecule has 4 heteroatoms. The van der Waals surface area contributed by atoms with E-state index in [1.54, 1.807) is 11.3 Å². The van der Waals surface area contributed by atoms with E-state index in [-0.39, 0.29) is 5.60 Å². The number of hydrogen-bond acceptors (Lipinski definition) is 3. The number of thiazole rings is 1. The van der Waals surface area contributed by atoms with Gasteiger partial charge in [0.15, 0.2) is 0 Å². The van der Waals surface area contributed by atoms with Crippen LogP contribution in [0.25, 0.3) is 11.3 Å². The molecule has 17 heavy (non-hydrogen) atoms. The molecule has 0 saturated carbocycles. The van der Waals surface area contributed by atoms with Crippen molar-refractivity contribution < 1.29 is 4.74 Å². The number of rotatable bonds is 1. The molecule has 0 amide bonds. The van der Waals surface area contributed by atoms with Crippen LogP contribution in [0.5, 0.6) is 5.75 Å². The van der Waals surface area contributed by atoms with Gasteiger partial charge in [0.05, 0.1) is 16.5 Å². The van der Waals surface area contributed by atoms with Crippen LogP contribution in [0.2, 0.25) is 0 Å². The summed E-state index contributed by atoms with van der Waals surface area (Å²) < 4.78 is 6.03. The molecule has 2 nitrogen and oxygen atoms in total. The molecule has 0 atom stereocenters. The third-order valence-corrected chi connectivity index (χ3v) is 4.61. The molecule has 88 valence electrons. The Morgan fingerprint density at radius 3 is 2.88 bits per heavy atom. The van der Waals surface area contributed by atoms with Gasteiger partial charge in [0.1, 0.15) is 16.4 Å². The number of alkyl halides is 1. The highest BCUT2D eigenvalue weighted by molar-refractivity contribution is 7.12. The Morgan fingerprint density at radius 2 is 2.12 bits per heavy atom. The summed E-state index contributed by atoms with van der Waals surface area (Å²) >= 11 is 7.51. The summed E-state index contributed by atoms with van der Waals surface area (Å²) in [4.78, 5) is 5.77. The van der Waals surface area contributed by atoms with Gasteiger partial charge < -0.3 is 4.74 Å². The minimum Gasteiger partial charge on any atom is -0.482 e. The number of fused-ring (bicyclic) bond motifs is 3. The van der Waals surface area contributed by atoms with Crippen LogP contribution in [0.1, 0.15) is 23.7 Å². The first-order valence-corrected chi connectivity index (χ1v) is 6.81. The van der Waals surface area contributed by atoms with E-state index in [0.717, 1.165) is 26.9 Å². The van der Waals surface area contributed by atoms with Gasteiger partial charge in [-0.25, -0.2) is 4.98 Å². The Kier molecular flexibility index (Phi) is 2.42. The van der Waals surface area contributed by atoms with Crippen molar-refractivity contribution in [2.75, 3.05) is 0 Å². The molecule has 0 aliphatic carbocycles. The van der Waals surface area contributed by atoms with E-state index < -0.39 is 0 Å². The summed E-state index contributed by atoms with van der Waals surface area (Å²) in [5, 5.41) is 0.949. The average Bonchev–Trinajstić information content (AvgIpc) is 2.74. The zero-order chi connectivity index (χ0) is 12.0. The Labute approximate surface area is 109 Å². The average molecular weight is 266 g/mol. The van der Waals surface area contributed by atoms with Gasteiger partial charge in [0.2, 0.25) is 0 Å². The van der Waals surface area contributed by atoms with Crippen molar-refractivity contribution in [1.82, 2.24) is 4.98 Å². The van der Waals surface area contributed by atoms with Gasteiger partial charge >= 0.3 is 0 Å². The van der Waals surface area contributed by atoms with Crippen LogP contribution < -0.4 is 4.74 Å². The lowest BCUT2D eigenvalue weighted by Crippen LogP contribution is -2.27. The van der Waals surface area contributed by atoms with Crippen LogP contribution in [0.3, 0.4) is 0 Å². The fourth-order valence-corrected chi connectivity index (χ4v) is 3.27. The van der Waals surface area contributed by atoms with Gasteiger partial charge in [0, 0.05) is 5.56 Å². The maximum Gasteiger partial charge on any atom is 0.140 e. The molecule has 2 aromatic rings. The number of ether oxygens (including phenoxy) is 1. The Hall–Kier alpha value is -1.06. The van der Waals surface area contributed by atoms with Gasteiger partial charge in [-0.2, -0.15) is 0 Å². The van der Waals surface area contributed by atoms with Gasteiger partial charge in [-0.3, -0.25) is 0 Å². The quantitative estimate of drug-likeness (QED) is 0.722. The molecule has 1 aromatic carbocycles. The number of nitrogens with zero attached hydrogens (tertiary/aromatic N) is 1. The Morgan fingerprint density at radius 1 is 1.35 bits per heavy atom.